The van der Waals surface area contributed by atoms with Gasteiger partial charge in [-0.05, 0) is 31.0 Å². The Morgan fingerprint density at radius 2 is 2.30 bits per heavy atom. The van der Waals surface area contributed by atoms with Crippen molar-refractivity contribution in [2.45, 2.75) is 24.1 Å². The molecule has 0 atom stereocenters. The third-order valence-electron chi connectivity index (χ3n) is 2.50. The molecule has 1 amide bonds. The summed E-state index contributed by atoms with van der Waals surface area (Å²) in [5, 5.41) is 11.0. The number of thioether (sulfide) groups is 1. The number of nitrogens with two attached hydrogens (primary N) is 1. The highest BCUT2D eigenvalue weighted by Crippen LogP contribution is 2.24. The van der Waals surface area contributed by atoms with Crippen molar-refractivity contribution in [3.63, 3.8) is 0 Å². The molecule has 0 saturated heterocycles. The quantitative estimate of drug-likeness (QED) is 0.633. The maximum absolute atomic E-state index is 11.8. The van der Waals surface area contributed by atoms with Gasteiger partial charge in [0.1, 0.15) is 0 Å². The first-order valence-corrected chi connectivity index (χ1v) is 8.02. The highest BCUT2D eigenvalue weighted by Gasteiger charge is 2.05. The van der Waals surface area contributed by atoms with Crippen molar-refractivity contribution in [3.05, 3.63) is 29.8 Å². The van der Waals surface area contributed by atoms with Crippen LogP contribution in [0, 0.1) is 6.92 Å². The van der Waals surface area contributed by atoms with E-state index in [1.165, 1.54) is 11.3 Å². The Morgan fingerprint density at radius 3 is 3.00 bits per heavy atom. The predicted octanol–water partition coefficient (Wildman–Crippen LogP) is 2.94. The van der Waals surface area contributed by atoms with Gasteiger partial charge >= 0.3 is 0 Å². The van der Waals surface area contributed by atoms with E-state index in [9.17, 15) is 4.79 Å². The van der Waals surface area contributed by atoms with E-state index in [1.54, 1.807) is 11.8 Å². The summed E-state index contributed by atoms with van der Waals surface area (Å²) >= 11 is 2.95. The minimum Gasteiger partial charge on any atom is -0.374 e. The Hall–Kier alpha value is -1.60. The molecular formula is C13H16N4OS2. The number of hydrogen-bond donors (Lipinski definition) is 2. The molecule has 20 heavy (non-hydrogen) atoms. The first kappa shape index (κ1) is 14.8. The molecular weight excluding hydrogens is 292 g/mol. The van der Waals surface area contributed by atoms with E-state index >= 15 is 0 Å². The summed E-state index contributed by atoms with van der Waals surface area (Å²) < 4.78 is 0.849. The number of nitrogens with one attached hydrogen (secondary N) is 1. The van der Waals surface area contributed by atoms with Crippen LogP contribution in [0.3, 0.4) is 0 Å². The average molecular weight is 308 g/mol. The van der Waals surface area contributed by atoms with Gasteiger partial charge in [-0.3, -0.25) is 4.79 Å². The van der Waals surface area contributed by atoms with E-state index in [-0.39, 0.29) is 5.91 Å². The zero-order chi connectivity index (χ0) is 14.4. The summed E-state index contributed by atoms with van der Waals surface area (Å²) in [6.07, 6.45) is 1.29. The van der Waals surface area contributed by atoms with E-state index < -0.39 is 0 Å². The molecule has 0 fully saturated rings. The van der Waals surface area contributed by atoms with Gasteiger partial charge in [0.25, 0.3) is 0 Å². The van der Waals surface area contributed by atoms with Crippen LogP contribution in [0.1, 0.15) is 18.4 Å². The molecule has 0 bridgehead atoms. The SMILES string of the molecule is Cc1cccc(NC(=O)CCCSc2nnc(N)s2)c1. The number of aryl methyl sites for hydroxylation is 1. The second-order valence-electron chi connectivity index (χ2n) is 4.28. The Kier molecular flexibility index (Phi) is 5.37. The summed E-state index contributed by atoms with van der Waals surface area (Å²) in [5.41, 5.74) is 7.48. The fourth-order valence-electron chi connectivity index (χ4n) is 1.62. The Bertz CT molecular complexity index is 585. The van der Waals surface area contributed by atoms with Crippen LogP contribution < -0.4 is 11.1 Å². The number of nitrogen functional groups attached to an aromatic ring is 1. The van der Waals surface area contributed by atoms with Crippen LogP contribution in [0.15, 0.2) is 28.6 Å². The van der Waals surface area contributed by atoms with Gasteiger partial charge in [-0.15, -0.1) is 10.2 Å². The van der Waals surface area contributed by atoms with E-state index in [0.29, 0.717) is 11.6 Å². The van der Waals surface area contributed by atoms with Crippen LogP contribution in [0.25, 0.3) is 0 Å². The third-order valence-corrected chi connectivity index (χ3v) is 4.47. The van der Waals surface area contributed by atoms with Gasteiger partial charge in [0.15, 0.2) is 4.34 Å². The van der Waals surface area contributed by atoms with E-state index in [0.717, 1.165) is 27.8 Å². The van der Waals surface area contributed by atoms with Gasteiger partial charge in [-0.1, -0.05) is 35.2 Å². The van der Waals surface area contributed by atoms with Crippen LogP contribution >= 0.6 is 23.1 Å². The average Bonchev–Trinajstić information content (AvgIpc) is 2.80. The zero-order valence-electron chi connectivity index (χ0n) is 11.1. The summed E-state index contributed by atoms with van der Waals surface area (Å²) in [4.78, 5) is 11.8. The van der Waals surface area contributed by atoms with Gasteiger partial charge in [0.05, 0.1) is 0 Å². The number of carbonyl (C=O) groups excluding carboxylic acids is 1. The van der Waals surface area contributed by atoms with Gasteiger partial charge in [0.2, 0.25) is 11.0 Å². The van der Waals surface area contributed by atoms with Crippen molar-refractivity contribution < 1.29 is 4.79 Å². The molecule has 0 spiro atoms. The largest absolute Gasteiger partial charge is 0.374 e. The number of benzene rings is 1. The lowest BCUT2D eigenvalue weighted by atomic mass is 10.2. The molecule has 1 aromatic heterocycles. The molecule has 1 aromatic carbocycles. The lowest BCUT2D eigenvalue weighted by Gasteiger charge is -2.05. The Labute approximate surface area is 126 Å². The maximum atomic E-state index is 11.8. The van der Waals surface area contributed by atoms with Crippen molar-refractivity contribution in [2.24, 2.45) is 0 Å². The number of carbonyl (C=O) groups is 1. The number of aromatic nitrogens is 2. The topological polar surface area (TPSA) is 80.9 Å². The van der Waals surface area contributed by atoms with Crippen molar-refractivity contribution >= 4 is 39.8 Å². The van der Waals surface area contributed by atoms with E-state index in [1.807, 2.05) is 31.2 Å². The molecule has 5 nitrogen and oxygen atoms in total. The minimum absolute atomic E-state index is 0.0352. The summed E-state index contributed by atoms with van der Waals surface area (Å²) in [5.74, 6) is 0.864. The van der Waals surface area contributed by atoms with Gasteiger partial charge in [-0.2, -0.15) is 0 Å². The van der Waals surface area contributed by atoms with Gasteiger partial charge in [0, 0.05) is 17.9 Å². The summed E-state index contributed by atoms with van der Waals surface area (Å²) in [6, 6.07) is 7.78. The minimum atomic E-state index is 0.0352. The Balaban J connectivity index is 1.67. The fraction of sp³-hybridized carbons (Fsp3) is 0.308. The highest BCUT2D eigenvalue weighted by atomic mass is 32.2. The Morgan fingerprint density at radius 1 is 1.45 bits per heavy atom. The summed E-state index contributed by atoms with van der Waals surface area (Å²) in [7, 11) is 0. The first-order valence-electron chi connectivity index (χ1n) is 6.22. The molecule has 0 unspecified atom stereocenters. The number of amides is 1. The molecule has 0 radical (unpaired) electrons. The monoisotopic (exact) mass is 308 g/mol. The first-order chi connectivity index (χ1) is 9.63. The van der Waals surface area contributed by atoms with Gasteiger partial charge in [-0.25, -0.2) is 0 Å². The molecule has 2 rings (SSSR count). The standard InChI is InChI=1S/C13H16N4OS2/c1-9-4-2-5-10(8-9)15-11(18)6-3-7-19-13-17-16-12(14)20-13/h2,4-5,8H,3,6-7H2,1H3,(H2,14,16)(H,15,18). The third kappa shape index (κ3) is 4.82. The maximum Gasteiger partial charge on any atom is 0.224 e. The molecule has 1 heterocycles. The van der Waals surface area contributed by atoms with Gasteiger partial charge < -0.3 is 11.1 Å². The normalized spacial score (nSPS) is 10.4. The smallest absolute Gasteiger partial charge is 0.224 e. The van der Waals surface area contributed by atoms with Crippen LogP contribution in [-0.4, -0.2) is 21.9 Å². The molecule has 0 aliphatic heterocycles. The molecule has 7 heteroatoms. The second kappa shape index (κ2) is 7.25. The van der Waals surface area contributed by atoms with Crippen molar-refractivity contribution in [1.29, 1.82) is 0 Å². The number of hydrogen-bond acceptors (Lipinski definition) is 6. The van der Waals surface area contributed by atoms with Crippen molar-refractivity contribution in [2.75, 3.05) is 16.8 Å². The predicted molar refractivity (Wildman–Crippen MR) is 84.1 cm³/mol. The van der Waals surface area contributed by atoms with Crippen molar-refractivity contribution in [3.8, 4) is 0 Å². The lowest BCUT2D eigenvalue weighted by Crippen LogP contribution is -2.11. The van der Waals surface area contributed by atoms with Crippen LogP contribution in [0.4, 0.5) is 10.8 Å². The molecule has 3 N–H and O–H groups in total. The number of anilines is 2. The van der Waals surface area contributed by atoms with Crippen LogP contribution in [0.2, 0.25) is 0 Å². The summed E-state index contributed by atoms with van der Waals surface area (Å²) in [6.45, 7) is 2.00. The fourth-order valence-corrected chi connectivity index (χ4v) is 3.26. The lowest BCUT2D eigenvalue weighted by molar-refractivity contribution is -0.116. The van der Waals surface area contributed by atoms with Crippen LogP contribution in [0.5, 0.6) is 0 Å². The molecule has 0 saturated carbocycles. The molecule has 2 aromatic rings. The van der Waals surface area contributed by atoms with E-state index in [2.05, 4.69) is 15.5 Å². The zero-order valence-corrected chi connectivity index (χ0v) is 12.8. The molecule has 0 aliphatic carbocycles. The van der Waals surface area contributed by atoms with Crippen LogP contribution in [-0.2, 0) is 4.79 Å². The number of rotatable bonds is 6. The number of nitrogens with zero attached hydrogens (tertiary/aromatic N) is 2. The van der Waals surface area contributed by atoms with Crippen molar-refractivity contribution in [1.82, 2.24) is 10.2 Å². The van der Waals surface area contributed by atoms with E-state index in [4.69, 9.17) is 5.73 Å². The highest BCUT2D eigenvalue weighted by molar-refractivity contribution is 8.01. The second-order valence-corrected chi connectivity index (χ2v) is 6.63. The molecule has 0 aliphatic rings. The molecule has 106 valence electrons.